The van der Waals surface area contributed by atoms with E-state index < -0.39 is 24.3 Å². The van der Waals surface area contributed by atoms with Crippen molar-refractivity contribution in [3.8, 4) is 0 Å². The molecule has 0 bridgehead atoms. The van der Waals surface area contributed by atoms with Crippen molar-refractivity contribution in [2.24, 2.45) is 0 Å². The van der Waals surface area contributed by atoms with Crippen molar-refractivity contribution in [2.45, 2.75) is 251 Å². The number of unbranched alkanes of at least 4 members (excludes halogenated alkanes) is 29. The van der Waals surface area contributed by atoms with E-state index in [0.717, 1.165) is 51.4 Å². The van der Waals surface area contributed by atoms with E-state index in [1.165, 1.54) is 154 Å². The molecule has 0 aliphatic rings. The summed E-state index contributed by atoms with van der Waals surface area (Å²) in [5, 5.41) is 11.7. The molecule has 2 unspecified atom stereocenters. The Morgan fingerprint density at radius 2 is 0.871 bits per heavy atom. The molecule has 0 N–H and O–H groups in total. The molecule has 364 valence electrons. The fourth-order valence-electron chi connectivity index (χ4n) is 7.39. The Hall–Kier alpha value is -2.23. The van der Waals surface area contributed by atoms with Crippen molar-refractivity contribution >= 4 is 17.9 Å². The van der Waals surface area contributed by atoms with Gasteiger partial charge in [0.25, 0.3) is 0 Å². The molecule has 0 spiro atoms. The number of ether oxygens (including phenoxy) is 4. The van der Waals surface area contributed by atoms with Crippen LogP contribution in [0.3, 0.4) is 0 Å². The van der Waals surface area contributed by atoms with Crippen LogP contribution in [0.2, 0.25) is 0 Å². The van der Waals surface area contributed by atoms with Crippen LogP contribution in [0.5, 0.6) is 0 Å². The van der Waals surface area contributed by atoms with Gasteiger partial charge in [0, 0.05) is 12.8 Å². The maximum absolute atomic E-state index is 12.8. The second-order valence-corrected chi connectivity index (χ2v) is 18.8. The second kappa shape index (κ2) is 45.3. The minimum atomic E-state index is -1.62. The zero-order valence-electron chi connectivity index (χ0n) is 41.3. The summed E-state index contributed by atoms with van der Waals surface area (Å²) in [4.78, 5) is 37.1. The van der Waals surface area contributed by atoms with E-state index in [0.29, 0.717) is 23.9 Å². The summed E-state index contributed by atoms with van der Waals surface area (Å²) in [5.74, 6) is -2.28. The highest BCUT2D eigenvalue weighted by molar-refractivity contribution is 5.70. The summed E-state index contributed by atoms with van der Waals surface area (Å²) < 4.78 is 22.6. The van der Waals surface area contributed by atoms with Crippen molar-refractivity contribution in [1.82, 2.24) is 0 Å². The Labute approximate surface area is 382 Å². The molecule has 0 aliphatic carbocycles. The van der Waals surface area contributed by atoms with Crippen molar-refractivity contribution in [2.75, 3.05) is 47.5 Å². The number of carbonyl (C=O) groups excluding carboxylic acids is 3. The van der Waals surface area contributed by atoms with Gasteiger partial charge in [0.2, 0.25) is 0 Å². The van der Waals surface area contributed by atoms with E-state index in [1.807, 2.05) is 21.1 Å². The van der Waals surface area contributed by atoms with Gasteiger partial charge in [0.15, 0.2) is 12.4 Å². The van der Waals surface area contributed by atoms with E-state index >= 15 is 0 Å². The Bertz CT molecular complexity index is 1070. The van der Waals surface area contributed by atoms with Gasteiger partial charge in [-0.05, 0) is 44.9 Å². The predicted octanol–water partition coefficient (Wildman–Crippen LogP) is 13.1. The Balaban J connectivity index is 4.31. The van der Waals surface area contributed by atoms with Gasteiger partial charge >= 0.3 is 11.9 Å². The van der Waals surface area contributed by atoms with Crippen LogP contribution in [0, 0.1) is 0 Å². The lowest BCUT2D eigenvalue weighted by molar-refractivity contribution is -0.870. The standard InChI is InChI=1S/C53H99NO8/c1-6-8-10-12-14-16-18-20-22-24-25-26-28-29-31-33-35-37-39-41-43-50(55)60-47-49(48-61-53(52(57)58)59-46-45-54(3,4)5)62-51(56)44-42-40-38-36-34-32-30-27-23-21-19-17-15-13-11-9-7-2/h15,17,21,23,49,53H,6-14,16,18-20,22,24-48H2,1-5H3/b17-15-,23-21-. The number of aliphatic carboxylic acids is 1. The second-order valence-electron chi connectivity index (χ2n) is 18.8. The number of carboxylic acid groups (broad SMARTS) is 1. The Morgan fingerprint density at radius 3 is 1.31 bits per heavy atom. The van der Waals surface area contributed by atoms with Crippen LogP contribution in [0.1, 0.15) is 239 Å². The van der Waals surface area contributed by atoms with E-state index in [1.54, 1.807) is 0 Å². The molecule has 0 aromatic rings. The lowest BCUT2D eigenvalue weighted by Crippen LogP contribution is -2.44. The molecular formula is C53H99NO8. The molecule has 9 nitrogen and oxygen atoms in total. The number of hydrogen-bond donors (Lipinski definition) is 0. The third kappa shape index (κ3) is 45.8. The summed E-state index contributed by atoms with van der Waals surface area (Å²) in [7, 11) is 5.92. The lowest BCUT2D eigenvalue weighted by Gasteiger charge is -2.26. The van der Waals surface area contributed by atoms with Crippen LogP contribution < -0.4 is 5.11 Å². The number of carboxylic acids is 1. The normalized spacial score (nSPS) is 13.0. The van der Waals surface area contributed by atoms with Gasteiger partial charge in [-0.15, -0.1) is 0 Å². The maximum atomic E-state index is 12.8. The number of esters is 2. The summed E-state index contributed by atoms with van der Waals surface area (Å²) in [6, 6.07) is 0. The van der Waals surface area contributed by atoms with E-state index in [2.05, 4.69) is 38.2 Å². The molecule has 2 atom stereocenters. The van der Waals surface area contributed by atoms with Crippen LogP contribution in [0.4, 0.5) is 0 Å². The average molecular weight is 878 g/mol. The summed E-state index contributed by atoms with van der Waals surface area (Å²) in [5.41, 5.74) is 0. The van der Waals surface area contributed by atoms with Gasteiger partial charge in [-0.3, -0.25) is 9.59 Å². The summed E-state index contributed by atoms with van der Waals surface area (Å²) in [6.07, 6.45) is 47.8. The SMILES string of the molecule is CCCCC/C=C\C/C=C\CCCCCCCCCC(=O)OC(COC(=O)CCCCCCCCCCCCCCCCCCCCCC)COC(OCC[N+](C)(C)C)C(=O)[O-]. The summed E-state index contributed by atoms with van der Waals surface area (Å²) in [6.45, 7) is 4.74. The van der Waals surface area contributed by atoms with Crippen LogP contribution in [0.15, 0.2) is 24.3 Å². The smallest absolute Gasteiger partial charge is 0.306 e. The van der Waals surface area contributed by atoms with Crippen molar-refractivity contribution in [3.63, 3.8) is 0 Å². The zero-order valence-corrected chi connectivity index (χ0v) is 41.3. The highest BCUT2D eigenvalue weighted by atomic mass is 16.7. The minimum Gasteiger partial charge on any atom is -0.545 e. The fraction of sp³-hybridized carbons (Fsp3) is 0.868. The van der Waals surface area contributed by atoms with Crippen LogP contribution in [-0.2, 0) is 33.3 Å². The largest absolute Gasteiger partial charge is 0.545 e. The van der Waals surface area contributed by atoms with Crippen molar-refractivity contribution < 1.29 is 42.9 Å². The molecule has 0 saturated carbocycles. The molecule has 0 aliphatic heterocycles. The lowest BCUT2D eigenvalue weighted by atomic mass is 10.0. The first kappa shape index (κ1) is 59.8. The number of quaternary nitrogens is 1. The fourth-order valence-corrected chi connectivity index (χ4v) is 7.39. The average Bonchev–Trinajstić information content (AvgIpc) is 3.23. The predicted molar refractivity (Wildman–Crippen MR) is 256 cm³/mol. The Morgan fingerprint density at radius 1 is 0.484 bits per heavy atom. The zero-order chi connectivity index (χ0) is 45.6. The van der Waals surface area contributed by atoms with Crippen molar-refractivity contribution in [3.05, 3.63) is 24.3 Å². The quantitative estimate of drug-likeness (QED) is 0.0195. The van der Waals surface area contributed by atoms with Crippen LogP contribution in [0.25, 0.3) is 0 Å². The number of rotatable bonds is 48. The van der Waals surface area contributed by atoms with Crippen molar-refractivity contribution in [1.29, 1.82) is 0 Å². The molecular weight excluding hydrogens is 779 g/mol. The monoisotopic (exact) mass is 878 g/mol. The number of carbonyl (C=O) groups is 3. The Kier molecular flexibility index (Phi) is 43.7. The molecule has 0 saturated heterocycles. The number of allylic oxidation sites excluding steroid dienone is 4. The number of nitrogens with zero attached hydrogens (tertiary/aromatic N) is 1. The molecule has 0 aromatic carbocycles. The highest BCUT2D eigenvalue weighted by Gasteiger charge is 2.22. The van der Waals surface area contributed by atoms with Crippen LogP contribution >= 0.6 is 0 Å². The molecule has 0 aromatic heterocycles. The van der Waals surface area contributed by atoms with Gasteiger partial charge in [0.1, 0.15) is 13.2 Å². The number of hydrogen-bond acceptors (Lipinski definition) is 8. The molecule has 0 rings (SSSR count). The summed E-state index contributed by atoms with van der Waals surface area (Å²) >= 11 is 0. The van der Waals surface area contributed by atoms with E-state index in [9.17, 15) is 19.5 Å². The van der Waals surface area contributed by atoms with Gasteiger partial charge in [-0.1, -0.05) is 205 Å². The molecule has 0 amide bonds. The molecule has 0 heterocycles. The molecule has 62 heavy (non-hydrogen) atoms. The van der Waals surface area contributed by atoms with E-state index in [-0.39, 0.29) is 32.2 Å². The molecule has 9 heteroatoms. The third-order valence-corrected chi connectivity index (χ3v) is 11.5. The molecule has 0 radical (unpaired) electrons. The van der Waals surface area contributed by atoms with Gasteiger partial charge in [0.05, 0.1) is 40.3 Å². The van der Waals surface area contributed by atoms with Gasteiger partial charge < -0.3 is 33.3 Å². The van der Waals surface area contributed by atoms with Crippen LogP contribution in [-0.4, -0.2) is 82.3 Å². The molecule has 0 fully saturated rings. The first-order valence-electron chi connectivity index (χ1n) is 26.0. The topological polar surface area (TPSA) is 111 Å². The van der Waals surface area contributed by atoms with Gasteiger partial charge in [-0.25, -0.2) is 0 Å². The first-order chi connectivity index (χ1) is 30.1. The van der Waals surface area contributed by atoms with E-state index in [4.69, 9.17) is 18.9 Å². The number of likely N-dealkylation sites (N-methyl/N-ethyl adjacent to an activating group) is 1. The first-order valence-corrected chi connectivity index (χ1v) is 26.0. The minimum absolute atomic E-state index is 0.148. The maximum Gasteiger partial charge on any atom is 0.306 e. The van der Waals surface area contributed by atoms with Gasteiger partial charge in [-0.2, -0.15) is 0 Å². The third-order valence-electron chi connectivity index (χ3n) is 11.5. The highest BCUT2D eigenvalue weighted by Crippen LogP contribution is 2.16.